The lowest BCUT2D eigenvalue weighted by Crippen LogP contribution is -2.25. The SMILES string of the molecule is CCCNCc1ccc(S(=O)(=O)NC2CC2)cc1Cl. The van der Waals surface area contributed by atoms with Crippen LogP contribution in [0.15, 0.2) is 23.1 Å². The third-order valence-corrected chi connectivity index (χ3v) is 4.85. The van der Waals surface area contributed by atoms with Gasteiger partial charge in [0.2, 0.25) is 10.0 Å². The fourth-order valence-corrected chi connectivity index (χ4v) is 3.37. The Hall–Kier alpha value is -0.620. The van der Waals surface area contributed by atoms with Crippen LogP contribution in [0, 0.1) is 0 Å². The van der Waals surface area contributed by atoms with E-state index >= 15 is 0 Å². The Bertz CT molecular complexity index is 542. The minimum absolute atomic E-state index is 0.106. The molecule has 1 aromatic carbocycles. The summed E-state index contributed by atoms with van der Waals surface area (Å²) in [5.41, 5.74) is 0.917. The molecular formula is C13H19ClN2O2S. The molecule has 19 heavy (non-hydrogen) atoms. The Balaban J connectivity index is 2.09. The molecule has 1 saturated carbocycles. The summed E-state index contributed by atoms with van der Waals surface area (Å²) >= 11 is 6.13. The average Bonchev–Trinajstić information content (AvgIpc) is 3.14. The van der Waals surface area contributed by atoms with Crippen LogP contribution >= 0.6 is 11.6 Å². The second-order valence-electron chi connectivity index (χ2n) is 4.83. The van der Waals surface area contributed by atoms with E-state index in [0.717, 1.165) is 31.4 Å². The molecule has 1 aliphatic carbocycles. The van der Waals surface area contributed by atoms with Crippen LogP contribution in [0.1, 0.15) is 31.7 Å². The van der Waals surface area contributed by atoms with E-state index in [2.05, 4.69) is 17.0 Å². The highest BCUT2D eigenvalue weighted by Gasteiger charge is 2.28. The van der Waals surface area contributed by atoms with E-state index < -0.39 is 10.0 Å². The Morgan fingerprint density at radius 3 is 2.68 bits per heavy atom. The van der Waals surface area contributed by atoms with Crippen LogP contribution in [-0.4, -0.2) is 21.0 Å². The van der Waals surface area contributed by atoms with Gasteiger partial charge in [0.25, 0.3) is 0 Å². The van der Waals surface area contributed by atoms with E-state index in [0.29, 0.717) is 11.6 Å². The Morgan fingerprint density at radius 1 is 1.37 bits per heavy atom. The normalized spacial score (nSPS) is 15.7. The van der Waals surface area contributed by atoms with Crippen LogP contribution in [0.5, 0.6) is 0 Å². The number of nitrogens with one attached hydrogen (secondary N) is 2. The van der Waals surface area contributed by atoms with Gasteiger partial charge in [-0.2, -0.15) is 0 Å². The molecule has 0 spiro atoms. The van der Waals surface area contributed by atoms with Gasteiger partial charge in [-0.15, -0.1) is 0 Å². The van der Waals surface area contributed by atoms with Crippen molar-refractivity contribution in [3.05, 3.63) is 28.8 Å². The fraction of sp³-hybridized carbons (Fsp3) is 0.538. The highest BCUT2D eigenvalue weighted by atomic mass is 35.5. The minimum atomic E-state index is -3.42. The summed E-state index contributed by atoms with van der Waals surface area (Å²) in [5, 5.41) is 3.73. The quantitative estimate of drug-likeness (QED) is 0.760. The number of hydrogen-bond donors (Lipinski definition) is 2. The summed E-state index contributed by atoms with van der Waals surface area (Å²) in [6.07, 6.45) is 2.90. The van der Waals surface area contributed by atoms with Crippen molar-refractivity contribution < 1.29 is 8.42 Å². The summed E-state index contributed by atoms with van der Waals surface area (Å²) in [6, 6.07) is 5.01. The highest BCUT2D eigenvalue weighted by molar-refractivity contribution is 7.89. The standard InChI is InChI=1S/C13H19ClN2O2S/c1-2-7-15-9-10-3-6-12(8-13(10)14)19(17,18)16-11-4-5-11/h3,6,8,11,15-16H,2,4-5,7,9H2,1H3. The van der Waals surface area contributed by atoms with Crippen LogP contribution in [-0.2, 0) is 16.6 Å². The van der Waals surface area contributed by atoms with E-state index in [4.69, 9.17) is 11.6 Å². The number of benzene rings is 1. The molecule has 0 unspecified atom stereocenters. The lowest BCUT2D eigenvalue weighted by molar-refractivity contribution is 0.581. The molecular weight excluding hydrogens is 284 g/mol. The van der Waals surface area contributed by atoms with Crippen molar-refractivity contribution in [1.29, 1.82) is 0 Å². The van der Waals surface area contributed by atoms with Crippen molar-refractivity contribution in [2.75, 3.05) is 6.54 Å². The smallest absolute Gasteiger partial charge is 0.240 e. The van der Waals surface area contributed by atoms with E-state index in [-0.39, 0.29) is 10.9 Å². The molecule has 0 saturated heterocycles. The molecule has 2 N–H and O–H groups in total. The first-order valence-electron chi connectivity index (χ1n) is 6.54. The van der Waals surface area contributed by atoms with Gasteiger partial charge in [-0.25, -0.2) is 13.1 Å². The third-order valence-electron chi connectivity index (χ3n) is 2.98. The molecule has 0 bridgehead atoms. The van der Waals surface area contributed by atoms with Crippen molar-refractivity contribution in [2.24, 2.45) is 0 Å². The van der Waals surface area contributed by atoms with Gasteiger partial charge in [-0.3, -0.25) is 0 Å². The number of rotatable bonds is 7. The first-order valence-corrected chi connectivity index (χ1v) is 8.40. The number of halogens is 1. The predicted octanol–water partition coefficient (Wildman–Crippen LogP) is 2.28. The molecule has 1 fully saturated rings. The van der Waals surface area contributed by atoms with E-state index in [1.165, 1.54) is 6.07 Å². The molecule has 0 radical (unpaired) electrons. The Labute approximate surface area is 119 Å². The maximum Gasteiger partial charge on any atom is 0.240 e. The van der Waals surface area contributed by atoms with Gasteiger partial charge in [0.15, 0.2) is 0 Å². The van der Waals surface area contributed by atoms with Gasteiger partial charge in [-0.1, -0.05) is 24.6 Å². The monoisotopic (exact) mass is 302 g/mol. The summed E-state index contributed by atoms with van der Waals surface area (Å²) in [5.74, 6) is 0. The van der Waals surface area contributed by atoms with Crippen molar-refractivity contribution in [1.82, 2.24) is 10.0 Å². The predicted molar refractivity (Wildman–Crippen MR) is 76.8 cm³/mol. The molecule has 0 atom stereocenters. The van der Waals surface area contributed by atoms with Crippen LogP contribution < -0.4 is 10.0 Å². The van der Waals surface area contributed by atoms with E-state index in [9.17, 15) is 8.42 Å². The lowest BCUT2D eigenvalue weighted by Gasteiger charge is -2.09. The molecule has 106 valence electrons. The van der Waals surface area contributed by atoms with Crippen LogP contribution in [0.3, 0.4) is 0 Å². The second kappa shape index (κ2) is 6.22. The molecule has 6 heteroatoms. The number of sulfonamides is 1. The fourth-order valence-electron chi connectivity index (χ4n) is 1.73. The maximum absolute atomic E-state index is 12.0. The molecule has 1 aromatic rings. The average molecular weight is 303 g/mol. The first-order chi connectivity index (χ1) is 9.03. The summed E-state index contributed by atoms with van der Waals surface area (Å²) in [7, 11) is -3.42. The van der Waals surface area contributed by atoms with Crippen molar-refractivity contribution in [3.8, 4) is 0 Å². The second-order valence-corrected chi connectivity index (χ2v) is 6.95. The Morgan fingerprint density at radius 2 is 2.11 bits per heavy atom. The lowest BCUT2D eigenvalue weighted by atomic mass is 10.2. The molecule has 2 rings (SSSR count). The zero-order valence-corrected chi connectivity index (χ0v) is 12.5. The minimum Gasteiger partial charge on any atom is -0.313 e. The highest BCUT2D eigenvalue weighted by Crippen LogP contribution is 2.24. The van der Waals surface area contributed by atoms with Gasteiger partial charge in [0.05, 0.1) is 4.90 Å². The van der Waals surface area contributed by atoms with Gasteiger partial charge in [0.1, 0.15) is 0 Å². The summed E-state index contributed by atoms with van der Waals surface area (Å²) in [4.78, 5) is 0.239. The van der Waals surface area contributed by atoms with Crippen molar-refractivity contribution in [2.45, 2.75) is 43.7 Å². The Kier molecular flexibility index (Phi) is 4.84. The van der Waals surface area contributed by atoms with Crippen LogP contribution in [0.2, 0.25) is 5.02 Å². The van der Waals surface area contributed by atoms with Gasteiger partial charge in [0, 0.05) is 17.6 Å². The van der Waals surface area contributed by atoms with E-state index in [1.54, 1.807) is 12.1 Å². The molecule has 1 aliphatic rings. The molecule has 0 aromatic heterocycles. The van der Waals surface area contributed by atoms with Gasteiger partial charge >= 0.3 is 0 Å². The summed E-state index contributed by atoms with van der Waals surface area (Å²) in [6.45, 7) is 3.66. The molecule has 0 amide bonds. The zero-order valence-electron chi connectivity index (χ0n) is 10.9. The summed E-state index contributed by atoms with van der Waals surface area (Å²) < 4.78 is 26.7. The zero-order chi connectivity index (χ0) is 13.9. The largest absolute Gasteiger partial charge is 0.313 e. The van der Waals surface area contributed by atoms with Crippen molar-refractivity contribution in [3.63, 3.8) is 0 Å². The van der Waals surface area contributed by atoms with E-state index in [1.807, 2.05) is 0 Å². The van der Waals surface area contributed by atoms with Gasteiger partial charge in [-0.05, 0) is 43.5 Å². The molecule has 0 heterocycles. The molecule has 0 aliphatic heterocycles. The number of hydrogen-bond acceptors (Lipinski definition) is 3. The van der Waals surface area contributed by atoms with Crippen molar-refractivity contribution >= 4 is 21.6 Å². The molecule has 4 nitrogen and oxygen atoms in total. The topological polar surface area (TPSA) is 58.2 Å². The van der Waals surface area contributed by atoms with Crippen LogP contribution in [0.4, 0.5) is 0 Å². The first kappa shape index (κ1) is 14.8. The van der Waals surface area contributed by atoms with Crippen LogP contribution in [0.25, 0.3) is 0 Å². The maximum atomic E-state index is 12.0. The van der Waals surface area contributed by atoms with Gasteiger partial charge < -0.3 is 5.32 Å². The third kappa shape index (κ3) is 4.18.